The molecule has 0 spiro atoms. The van der Waals surface area contributed by atoms with Crippen LogP contribution in [0.1, 0.15) is 19.8 Å². The standard InChI is InChI=1S/C17H26N4O4S/c1-2-9-18-16(22)8-10-19-17(23)20-11-13-21(14-12-20)26(24,25)15-6-4-3-5-7-15/h3-7H,2,8-14H2,1H3,(H,18,22)(H,19,23). The molecule has 0 saturated carbocycles. The van der Waals surface area contributed by atoms with E-state index in [1.165, 1.54) is 4.31 Å². The first kappa shape index (κ1) is 20.2. The molecule has 2 rings (SSSR count). The minimum Gasteiger partial charge on any atom is -0.356 e. The molecule has 1 saturated heterocycles. The SMILES string of the molecule is CCCNC(=O)CCNC(=O)N1CCN(S(=O)(=O)c2ccccc2)CC1. The van der Waals surface area contributed by atoms with Crippen molar-refractivity contribution in [2.45, 2.75) is 24.7 Å². The maximum Gasteiger partial charge on any atom is 0.317 e. The summed E-state index contributed by atoms with van der Waals surface area (Å²) >= 11 is 0. The molecule has 0 aromatic heterocycles. The van der Waals surface area contributed by atoms with E-state index < -0.39 is 10.0 Å². The molecule has 0 bridgehead atoms. The molecule has 0 aliphatic carbocycles. The van der Waals surface area contributed by atoms with E-state index in [0.29, 0.717) is 19.6 Å². The molecule has 0 unspecified atom stereocenters. The van der Waals surface area contributed by atoms with Crippen molar-refractivity contribution in [3.8, 4) is 0 Å². The van der Waals surface area contributed by atoms with Crippen LogP contribution >= 0.6 is 0 Å². The number of amides is 3. The van der Waals surface area contributed by atoms with Crippen molar-refractivity contribution in [1.82, 2.24) is 19.8 Å². The lowest BCUT2D eigenvalue weighted by Crippen LogP contribution is -2.53. The first-order chi connectivity index (χ1) is 12.4. The van der Waals surface area contributed by atoms with Crippen LogP contribution in [0.4, 0.5) is 4.79 Å². The van der Waals surface area contributed by atoms with Crippen LogP contribution in [0.25, 0.3) is 0 Å². The number of benzene rings is 1. The Morgan fingerprint density at radius 1 is 1.00 bits per heavy atom. The van der Waals surface area contributed by atoms with Crippen LogP contribution in [-0.4, -0.2) is 68.8 Å². The first-order valence-corrected chi connectivity index (χ1v) is 10.2. The summed E-state index contributed by atoms with van der Waals surface area (Å²) in [6.07, 6.45) is 1.10. The van der Waals surface area contributed by atoms with Gasteiger partial charge < -0.3 is 15.5 Å². The lowest BCUT2D eigenvalue weighted by atomic mass is 10.3. The summed E-state index contributed by atoms with van der Waals surface area (Å²) in [4.78, 5) is 25.5. The zero-order valence-electron chi connectivity index (χ0n) is 15.0. The topological polar surface area (TPSA) is 98.8 Å². The van der Waals surface area contributed by atoms with Gasteiger partial charge in [0, 0.05) is 45.7 Å². The Morgan fingerprint density at radius 3 is 2.27 bits per heavy atom. The summed E-state index contributed by atoms with van der Waals surface area (Å²) in [5.74, 6) is -0.0917. The van der Waals surface area contributed by atoms with Gasteiger partial charge in [-0.3, -0.25) is 4.79 Å². The van der Waals surface area contributed by atoms with Gasteiger partial charge in [-0.05, 0) is 18.6 Å². The summed E-state index contributed by atoms with van der Waals surface area (Å²) in [6, 6.07) is 8.00. The highest BCUT2D eigenvalue weighted by Crippen LogP contribution is 2.17. The minimum absolute atomic E-state index is 0.0917. The van der Waals surface area contributed by atoms with E-state index in [-0.39, 0.29) is 42.9 Å². The van der Waals surface area contributed by atoms with Gasteiger partial charge in [-0.1, -0.05) is 25.1 Å². The largest absolute Gasteiger partial charge is 0.356 e. The predicted octanol–water partition coefficient (Wildman–Crippen LogP) is 0.619. The van der Waals surface area contributed by atoms with Crippen LogP contribution in [0, 0.1) is 0 Å². The highest BCUT2D eigenvalue weighted by molar-refractivity contribution is 7.89. The number of carbonyl (C=O) groups is 2. The van der Waals surface area contributed by atoms with Crippen LogP contribution in [0.2, 0.25) is 0 Å². The number of urea groups is 1. The number of hydrogen-bond acceptors (Lipinski definition) is 4. The van der Waals surface area contributed by atoms with E-state index in [2.05, 4.69) is 10.6 Å². The third kappa shape index (κ3) is 5.43. The maximum atomic E-state index is 12.6. The Balaban J connectivity index is 1.77. The number of hydrogen-bond donors (Lipinski definition) is 2. The fourth-order valence-electron chi connectivity index (χ4n) is 2.62. The summed E-state index contributed by atoms with van der Waals surface area (Å²) in [5, 5.41) is 5.45. The van der Waals surface area contributed by atoms with Crippen LogP contribution in [0.15, 0.2) is 35.2 Å². The van der Waals surface area contributed by atoms with Crippen LogP contribution in [-0.2, 0) is 14.8 Å². The van der Waals surface area contributed by atoms with Crippen molar-refractivity contribution in [2.75, 3.05) is 39.3 Å². The third-order valence-corrected chi connectivity index (χ3v) is 6.02. The number of nitrogens with one attached hydrogen (secondary N) is 2. The van der Waals surface area contributed by atoms with E-state index in [4.69, 9.17) is 0 Å². The van der Waals surface area contributed by atoms with Gasteiger partial charge in [-0.15, -0.1) is 0 Å². The second-order valence-corrected chi connectivity index (χ2v) is 7.97. The Hall–Kier alpha value is -2.13. The molecule has 3 amide bonds. The van der Waals surface area contributed by atoms with Crippen LogP contribution in [0.3, 0.4) is 0 Å². The molecule has 0 radical (unpaired) electrons. The molecule has 1 aliphatic rings. The lowest BCUT2D eigenvalue weighted by Gasteiger charge is -2.34. The Morgan fingerprint density at radius 2 is 1.65 bits per heavy atom. The highest BCUT2D eigenvalue weighted by Gasteiger charge is 2.29. The minimum atomic E-state index is -3.53. The molecule has 144 valence electrons. The predicted molar refractivity (Wildman–Crippen MR) is 98.1 cm³/mol. The second kappa shape index (κ2) is 9.54. The van der Waals surface area contributed by atoms with E-state index >= 15 is 0 Å². The number of piperazine rings is 1. The number of rotatable bonds is 7. The molecule has 1 aliphatic heterocycles. The molecule has 8 nitrogen and oxygen atoms in total. The zero-order chi connectivity index (χ0) is 19.0. The normalized spacial score (nSPS) is 15.5. The molecule has 1 aromatic rings. The molecule has 1 fully saturated rings. The van der Waals surface area contributed by atoms with Gasteiger partial charge in [0.1, 0.15) is 0 Å². The average molecular weight is 382 g/mol. The van der Waals surface area contributed by atoms with Gasteiger partial charge in [-0.25, -0.2) is 13.2 Å². The fraction of sp³-hybridized carbons (Fsp3) is 0.529. The van der Waals surface area contributed by atoms with E-state index in [1.807, 2.05) is 6.92 Å². The quantitative estimate of drug-likeness (QED) is 0.722. The first-order valence-electron chi connectivity index (χ1n) is 8.80. The molecule has 9 heteroatoms. The summed E-state index contributed by atoms with van der Waals surface area (Å²) in [6.45, 7) is 4.00. The van der Waals surface area contributed by atoms with E-state index in [1.54, 1.807) is 35.2 Å². The van der Waals surface area contributed by atoms with Gasteiger partial charge in [0.15, 0.2) is 0 Å². The Labute approximate surface area is 154 Å². The molecule has 0 atom stereocenters. The number of carbonyl (C=O) groups excluding carboxylic acids is 2. The number of nitrogens with zero attached hydrogens (tertiary/aromatic N) is 2. The smallest absolute Gasteiger partial charge is 0.317 e. The van der Waals surface area contributed by atoms with Gasteiger partial charge >= 0.3 is 6.03 Å². The van der Waals surface area contributed by atoms with Gasteiger partial charge in [-0.2, -0.15) is 4.31 Å². The van der Waals surface area contributed by atoms with Crippen molar-refractivity contribution >= 4 is 22.0 Å². The lowest BCUT2D eigenvalue weighted by molar-refractivity contribution is -0.120. The highest BCUT2D eigenvalue weighted by atomic mass is 32.2. The van der Waals surface area contributed by atoms with Gasteiger partial charge in [0.2, 0.25) is 15.9 Å². The van der Waals surface area contributed by atoms with Crippen molar-refractivity contribution in [1.29, 1.82) is 0 Å². The second-order valence-electron chi connectivity index (χ2n) is 6.04. The molecular formula is C17H26N4O4S. The summed E-state index contributed by atoms with van der Waals surface area (Å²) in [5.41, 5.74) is 0. The zero-order valence-corrected chi connectivity index (χ0v) is 15.8. The molecule has 2 N–H and O–H groups in total. The molecule has 1 aromatic carbocycles. The third-order valence-electron chi connectivity index (χ3n) is 4.11. The molecular weight excluding hydrogens is 356 g/mol. The monoisotopic (exact) mass is 382 g/mol. The summed E-state index contributed by atoms with van der Waals surface area (Å²) in [7, 11) is -3.53. The van der Waals surface area contributed by atoms with Crippen LogP contribution in [0.5, 0.6) is 0 Å². The Kier molecular flexibility index (Phi) is 7.40. The van der Waals surface area contributed by atoms with Crippen molar-refractivity contribution < 1.29 is 18.0 Å². The van der Waals surface area contributed by atoms with Crippen molar-refractivity contribution in [2.24, 2.45) is 0 Å². The molecule has 26 heavy (non-hydrogen) atoms. The fourth-order valence-corrected chi connectivity index (χ4v) is 4.06. The van der Waals surface area contributed by atoms with Crippen LogP contribution < -0.4 is 10.6 Å². The maximum absolute atomic E-state index is 12.6. The van der Waals surface area contributed by atoms with Gasteiger partial charge in [0.25, 0.3) is 0 Å². The van der Waals surface area contributed by atoms with E-state index in [9.17, 15) is 18.0 Å². The average Bonchev–Trinajstić information content (AvgIpc) is 2.67. The van der Waals surface area contributed by atoms with Crippen molar-refractivity contribution in [3.05, 3.63) is 30.3 Å². The number of sulfonamides is 1. The van der Waals surface area contributed by atoms with Gasteiger partial charge in [0.05, 0.1) is 4.90 Å². The Bertz CT molecular complexity index is 701. The molecule has 1 heterocycles. The van der Waals surface area contributed by atoms with Crippen molar-refractivity contribution in [3.63, 3.8) is 0 Å². The summed E-state index contributed by atoms with van der Waals surface area (Å²) < 4.78 is 26.5. The van der Waals surface area contributed by atoms with E-state index in [0.717, 1.165) is 6.42 Å².